The molecule has 2 aromatic rings. The number of rotatable bonds is 1. The SMILES string of the molecule is N#Cc1cc(F)c(-c2c(F)c(F)c(C#N)c(F)c2F)cc1F. The van der Waals surface area contributed by atoms with Gasteiger partial charge in [0.2, 0.25) is 0 Å². The van der Waals surface area contributed by atoms with Crippen LogP contribution >= 0.6 is 0 Å². The van der Waals surface area contributed by atoms with E-state index in [4.69, 9.17) is 10.5 Å². The first-order valence-corrected chi connectivity index (χ1v) is 5.49. The minimum atomic E-state index is -2.04. The fourth-order valence-electron chi connectivity index (χ4n) is 1.79. The smallest absolute Gasteiger partial charge is 0.180 e. The van der Waals surface area contributed by atoms with Crippen molar-refractivity contribution >= 4 is 0 Å². The van der Waals surface area contributed by atoms with Crippen molar-refractivity contribution in [3.8, 4) is 23.3 Å². The molecule has 8 heteroatoms. The lowest BCUT2D eigenvalue weighted by Gasteiger charge is -2.10. The zero-order chi connectivity index (χ0) is 16.6. The molecule has 0 saturated heterocycles. The Hall–Kier alpha value is -3.00. The van der Waals surface area contributed by atoms with Crippen molar-refractivity contribution in [1.29, 1.82) is 10.5 Å². The van der Waals surface area contributed by atoms with E-state index < -0.39 is 57.2 Å². The van der Waals surface area contributed by atoms with Gasteiger partial charge in [0.1, 0.15) is 29.3 Å². The van der Waals surface area contributed by atoms with E-state index in [0.29, 0.717) is 6.07 Å². The zero-order valence-corrected chi connectivity index (χ0v) is 10.3. The largest absolute Gasteiger partial charge is 0.206 e. The van der Waals surface area contributed by atoms with Crippen LogP contribution in [-0.2, 0) is 0 Å². The summed E-state index contributed by atoms with van der Waals surface area (Å²) in [6.45, 7) is 0. The lowest BCUT2D eigenvalue weighted by molar-refractivity contribution is 0.453. The number of hydrogen-bond acceptors (Lipinski definition) is 2. The predicted octanol–water partition coefficient (Wildman–Crippen LogP) is 3.93. The Kier molecular flexibility index (Phi) is 3.79. The van der Waals surface area contributed by atoms with Crippen LogP contribution < -0.4 is 0 Å². The van der Waals surface area contributed by atoms with Gasteiger partial charge >= 0.3 is 0 Å². The van der Waals surface area contributed by atoms with Gasteiger partial charge in [-0.1, -0.05) is 0 Å². The van der Waals surface area contributed by atoms with E-state index in [1.165, 1.54) is 6.07 Å². The highest BCUT2D eigenvalue weighted by Gasteiger charge is 2.28. The summed E-state index contributed by atoms with van der Waals surface area (Å²) < 4.78 is 81.8. The lowest BCUT2D eigenvalue weighted by Crippen LogP contribution is -2.05. The van der Waals surface area contributed by atoms with Crippen LogP contribution in [0.5, 0.6) is 0 Å². The van der Waals surface area contributed by atoms with Crippen LogP contribution in [0.15, 0.2) is 12.1 Å². The second-order valence-electron chi connectivity index (χ2n) is 4.04. The van der Waals surface area contributed by atoms with Crippen molar-refractivity contribution in [1.82, 2.24) is 0 Å². The molecule has 0 aliphatic carbocycles. The average molecular weight is 312 g/mol. The quantitative estimate of drug-likeness (QED) is 0.591. The molecule has 2 nitrogen and oxygen atoms in total. The minimum Gasteiger partial charge on any atom is -0.206 e. The molecule has 0 unspecified atom stereocenters. The van der Waals surface area contributed by atoms with E-state index in [2.05, 4.69) is 0 Å². The van der Waals surface area contributed by atoms with Crippen molar-refractivity contribution in [2.75, 3.05) is 0 Å². The lowest BCUT2D eigenvalue weighted by atomic mass is 9.99. The van der Waals surface area contributed by atoms with Gasteiger partial charge < -0.3 is 0 Å². The Morgan fingerprint density at radius 2 is 1.23 bits per heavy atom. The number of halogens is 6. The van der Waals surface area contributed by atoms with Gasteiger partial charge in [0, 0.05) is 5.56 Å². The molecule has 0 radical (unpaired) electrons. The van der Waals surface area contributed by atoms with Crippen molar-refractivity contribution in [2.24, 2.45) is 0 Å². The van der Waals surface area contributed by atoms with Crippen LogP contribution in [0.3, 0.4) is 0 Å². The molecule has 0 heterocycles. The maximum atomic E-state index is 13.8. The molecule has 2 aromatic carbocycles. The first-order valence-electron chi connectivity index (χ1n) is 5.49. The Bertz CT molecular complexity index is 848. The summed E-state index contributed by atoms with van der Waals surface area (Å²) in [5.41, 5.74) is -4.89. The van der Waals surface area contributed by atoms with Crippen LogP contribution in [0.25, 0.3) is 11.1 Å². The van der Waals surface area contributed by atoms with Gasteiger partial charge in [0.05, 0.1) is 11.1 Å². The molecular weight excluding hydrogens is 310 g/mol. The summed E-state index contributed by atoms with van der Waals surface area (Å²) in [5, 5.41) is 17.0. The van der Waals surface area contributed by atoms with Crippen LogP contribution in [0.1, 0.15) is 11.1 Å². The van der Waals surface area contributed by atoms with Gasteiger partial charge in [-0.3, -0.25) is 0 Å². The molecule has 22 heavy (non-hydrogen) atoms. The highest BCUT2D eigenvalue weighted by molar-refractivity contribution is 5.68. The molecule has 110 valence electrons. The summed E-state index contributed by atoms with van der Waals surface area (Å²) in [4.78, 5) is 0. The van der Waals surface area contributed by atoms with Crippen molar-refractivity contribution in [2.45, 2.75) is 0 Å². The fraction of sp³-hybridized carbons (Fsp3) is 0. The van der Waals surface area contributed by atoms with Crippen LogP contribution in [0.4, 0.5) is 26.3 Å². The van der Waals surface area contributed by atoms with Gasteiger partial charge in [0.25, 0.3) is 0 Å². The third kappa shape index (κ3) is 2.15. The van der Waals surface area contributed by atoms with Gasteiger partial charge in [-0.25, -0.2) is 26.3 Å². The number of benzene rings is 2. The van der Waals surface area contributed by atoms with E-state index in [-0.39, 0.29) is 6.07 Å². The molecule has 0 fully saturated rings. The standard InChI is InChI=1S/C14H2F6N2/c15-8-2-6(9(16)1-5(8)3-21)10-13(19)11(17)7(4-22)12(18)14(10)20/h1-2H. The predicted molar refractivity (Wildman–Crippen MR) is 61.1 cm³/mol. The number of nitrogens with zero attached hydrogens (tertiary/aromatic N) is 2. The topological polar surface area (TPSA) is 47.6 Å². The molecule has 0 saturated carbocycles. The van der Waals surface area contributed by atoms with E-state index in [1.807, 2.05) is 0 Å². The van der Waals surface area contributed by atoms with Gasteiger partial charge in [-0.2, -0.15) is 10.5 Å². The molecule has 0 N–H and O–H groups in total. The fourth-order valence-corrected chi connectivity index (χ4v) is 1.79. The van der Waals surface area contributed by atoms with Crippen molar-refractivity contribution in [3.05, 3.63) is 58.2 Å². The minimum absolute atomic E-state index is 0.236. The van der Waals surface area contributed by atoms with Gasteiger partial charge in [0.15, 0.2) is 23.3 Å². The van der Waals surface area contributed by atoms with Gasteiger partial charge in [-0.15, -0.1) is 0 Å². The molecule has 0 atom stereocenters. The molecule has 0 bridgehead atoms. The summed E-state index contributed by atoms with van der Waals surface area (Å²) in [7, 11) is 0. The highest BCUT2D eigenvalue weighted by Crippen LogP contribution is 2.34. The number of hydrogen-bond donors (Lipinski definition) is 0. The Morgan fingerprint density at radius 3 is 1.68 bits per heavy atom. The van der Waals surface area contributed by atoms with Crippen LogP contribution in [0.2, 0.25) is 0 Å². The summed E-state index contributed by atoms with van der Waals surface area (Å²) in [6.07, 6.45) is 0. The molecule has 2 rings (SSSR count). The first kappa shape index (κ1) is 15.4. The second kappa shape index (κ2) is 5.41. The first-order chi connectivity index (χ1) is 10.3. The maximum absolute atomic E-state index is 13.8. The van der Waals surface area contributed by atoms with Crippen LogP contribution in [-0.4, -0.2) is 0 Å². The normalized spacial score (nSPS) is 10.2. The van der Waals surface area contributed by atoms with Crippen LogP contribution in [0, 0.1) is 57.6 Å². The van der Waals surface area contributed by atoms with E-state index >= 15 is 0 Å². The molecule has 0 aliphatic rings. The van der Waals surface area contributed by atoms with E-state index in [1.54, 1.807) is 0 Å². The molecule has 0 aromatic heterocycles. The Labute approximate surface area is 119 Å². The van der Waals surface area contributed by atoms with Gasteiger partial charge in [-0.05, 0) is 12.1 Å². The Balaban J connectivity index is 2.89. The molecule has 0 amide bonds. The zero-order valence-electron chi connectivity index (χ0n) is 10.3. The summed E-state index contributed by atoms with van der Waals surface area (Å²) >= 11 is 0. The summed E-state index contributed by atoms with van der Waals surface area (Å²) in [5.74, 6) is -10.9. The monoisotopic (exact) mass is 312 g/mol. The third-order valence-electron chi connectivity index (χ3n) is 2.82. The van der Waals surface area contributed by atoms with Crippen molar-refractivity contribution < 1.29 is 26.3 Å². The average Bonchev–Trinajstić information content (AvgIpc) is 2.49. The summed E-state index contributed by atoms with van der Waals surface area (Å²) in [6, 6.07) is 2.79. The maximum Gasteiger partial charge on any atom is 0.180 e. The molecule has 0 aliphatic heterocycles. The van der Waals surface area contributed by atoms with E-state index in [0.717, 1.165) is 6.07 Å². The Morgan fingerprint density at radius 1 is 0.682 bits per heavy atom. The number of nitriles is 2. The highest BCUT2D eigenvalue weighted by atomic mass is 19.2. The molecule has 0 spiro atoms. The van der Waals surface area contributed by atoms with Crippen molar-refractivity contribution in [3.63, 3.8) is 0 Å². The molecular formula is C14H2F6N2. The van der Waals surface area contributed by atoms with E-state index in [9.17, 15) is 26.3 Å². The third-order valence-corrected chi connectivity index (χ3v) is 2.82. The second-order valence-corrected chi connectivity index (χ2v) is 4.04.